The highest BCUT2D eigenvalue weighted by molar-refractivity contribution is 7.91. The topological polar surface area (TPSA) is 54.5 Å². The maximum atomic E-state index is 11.5. The Morgan fingerprint density at radius 2 is 2.06 bits per heavy atom. The number of carbonyl (C=O) groups is 1. The molecule has 1 unspecified atom stereocenters. The van der Waals surface area contributed by atoms with Crippen LogP contribution in [0.5, 0.6) is 0 Å². The molecule has 0 saturated carbocycles. The van der Waals surface area contributed by atoms with Crippen LogP contribution < -0.4 is 0 Å². The fraction of sp³-hybridized carbons (Fsp3) is 0.917. The predicted octanol–water partition coefficient (Wildman–Crippen LogP) is 1.25. The van der Waals surface area contributed by atoms with Gasteiger partial charge < -0.3 is 0 Å². The summed E-state index contributed by atoms with van der Waals surface area (Å²) in [5.41, 5.74) is 0. The highest BCUT2D eigenvalue weighted by atomic mass is 32.2. The number of carbonyl (C=O) groups excluding carboxylic acids is 1. The monoisotopic (exact) mass is 261 g/mol. The minimum absolute atomic E-state index is 0.195. The summed E-state index contributed by atoms with van der Waals surface area (Å²) in [6.07, 6.45) is 3.84. The molecule has 1 saturated heterocycles. The first kappa shape index (κ1) is 14.6. The first-order valence-electron chi connectivity index (χ1n) is 6.38. The molecule has 0 aromatic rings. The Kier molecular flexibility index (Phi) is 5.59. The summed E-state index contributed by atoms with van der Waals surface area (Å²) in [6.45, 7) is 4.79. The molecule has 1 rings (SSSR count). The third-order valence-electron chi connectivity index (χ3n) is 3.40. The summed E-state index contributed by atoms with van der Waals surface area (Å²) in [4.78, 5) is 13.3. The largest absolute Gasteiger partial charge is 0.300 e. The van der Waals surface area contributed by atoms with Gasteiger partial charge >= 0.3 is 0 Å². The van der Waals surface area contributed by atoms with E-state index in [0.717, 1.165) is 25.8 Å². The quantitative estimate of drug-likeness (QED) is 0.722. The van der Waals surface area contributed by atoms with Gasteiger partial charge in [0.1, 0.15) is 5.78 Å². The molecule has 0 spiro atoms. The van der Waals surface area contributed by atoms with Crippen molar-refractivity contribution in [2.24, 2.45) is 0 Å². The summed E-state index contributed by atoms with van der Waals surface area (Å²) in [6, 6.07) is 0.258. The number of piperidine rings is 1. The van der Waals surface area contributed by atoms with Crippen molar-refractivity contribution in [3.05, 3.63) is 0 Å². The van der Waals surface area contributed by atoms with Gasteiger partial charge in [-0.2, -0.15) is 0 Å². The molecule has 0 amide bonds. The van der Waals surface area contributed by atoms with E-state index in [4.69, 9.17) is 0 Å². The number of Topliss-reactive ketones (excluding diaryl/α,β-unsaturated/α-hetero) is 1. The second-order valence-electron chi connectivity index (χ2n) is 4.83. The van der Waals surface area contributed by atoms with Crippen LogP contribution in [0.2, 0.25) is 0 Å². The summed E-state index contributed by atoms with van der Waals surface area (Å²) >= 11 is 0. The van der Waals surface area contributed by atoms with Gasteiger partial charge in [0.2, 0.25) is 0 Å². The summed E-state index contributed by atoms with van der Waals surface area (Å²) in [5.74, 6) is 0.621. The van der Waals surface area contributed by atoms with Crippen molar-refractivity contribution in [2.45, 2.75) is 45.6 Å². The van der Waals surface area contributed by atoms with Gasteiger partial charge in [0.05, 0.1) is 5.75 Å². The van der Waals surface area contributed by atoms with E-state index in [0.29, 0.717) is 13.0 Å². The molecule has 5 heteroatoms. The summed E-state index contributed by atoms with van der Waals surface area (Å²) < 4.78 is 23.0. The molecule has 1 atom stereocenters. The lowest BCUT2D eigenvalue weighted by atomic mass is 9.98. The standard InChI is InChI=1S/C12H23NO3S/c1-3-17(15,16)9-8-13-7-5-4-6-12(13)10-11(2)14/h12H,3-10H2,1-2H3. The lowest BCUT2D eigenvalue weighted by molar-refractivity contribution is -0.118. The lowest BCUT2D eigenvalue weighted by Gasteiger charge is -2.35. The highest BCUT2D eigenvalue weighted by Crippen LogP contribution is 2.19. The van der Waals surface area contributed by atoms with Gasteiger partial charge in [0.15, 0.2) is 9.84 Å². The van der Waals surface area contributed by atoms with Crippen molar-refractivity contribution in [1.82, 2.24) is 4.90 Å². The molecule has 0 bridgehead atoms. The molecule has 0 radical (unpaired) electrons. The van der Waals surface area contributed by atoms with Gasteiger partial charge in [-0.3, -0.25) is 9.69 Å². The van der Waals surface area contributed by atoms with Gasteiger partial charge in [-0.1, -0.05) is 13.3 Å². The Morgan fingerprint density at radius 3 is 2.65 bits per heavy atom. The lowest BCUT2D eigenvalue weighted by Crippen LogP contribution is -2.43. The van der Waals surface area contributed by atoms with Crippen LogP contribution in [0.25, 0.3) is 0 Å². The average molecular weight is 261 g/mol. The van der Waals surface area contributed by atoms with Crippen LogP contribution in [-0.2, 0) is 14.6 Å². The van der Waals surface area contributed by atoms with E-state index in [1.807, 2.05) is 0 Å². The smallest absolute Gasteiger partial charge is 0.151 e. The molecule has 0 aliphatic carbocycles. The molecule has 100 valence electrons. The van der Waals surface area contributed by atoms with Crippen LogP contribution in [0, 0.1) is 0 Å². The molecule has 1 aliphatic heterocycles. The van der Waals surface area contributed by atoms with Gasteiger partial charge in [0, 0.05) is 24.8 Å². The summed E-state index contributed by atoms with van der Waals surface area (Å²) in [5, 5.41) is 0. The van der Waals surface area contributed by atoms with Crippen LogP contribution in [0.15, 0.2) is 0 Å². The molecular formula is C12H23NO3S. The fourth-order valence-electron chi connectivity index (χ4n) is 2.32. The van der Waals surface area contributed by atoms with Crippen LogP contribution in [0.1, 0.15) is 39.5 Å². The van der Waals surface area contributed by atoms with Crippen LogP contribution >= 0.6 is 0 Å². The zero-order valence-corrected chi connectivity index (χ0v) is 11.6. The zero-order chi connectivity index (χ0) is 12.9. The molecule has 0 aromatic carbocycles. The van der Waals surface area contributed by atoms with Gasteiger partial charge in [0.25, 0.3) is 0 Å². The number of hydrogen-bond donors (Lipinski definition) is 0. The van der Waals surface area contributed by atoms with E-state index < -0.39 is 9.84 Å². The average Bonchev–Trinajstić information content (AvgIpc) is 2.27. The first-order valence-corrected chi connectivity index (χ1v) is 8.20. The van der Waals surface area contributed by atoms with Crippen molar-refractivity contribution >= 4 is 15.6 Å². The van der Waals surface area contributed by atoms with Gasteiger partial charge in [-0.15, -0.1) is 0 Å². The van der Waals surface area contributed by atoms with Crippen LogP contribution in [0.3, 0.4) is 0 Å². The van der Waals surface area contributed by atoms with E-state index in [1.54, 1.807) is 13.8 Å². The van der Waals surface area contributed by atoms with Gasteiger partial charge in [-0.25, -0.2) is 8.42 Å². The number of ketones is 1. The maximum Gasteiger partial charge on any atom is 0.151 e. The van der Waals surface area contributed by atoms with Gasteiger partial charge in [-0.05, 0) is 26.3 Å². The highest BCUT2D eigenvalue weighted by Gasteiger charge is 2.24. The molecule has 1 heterocycles. The Balaban J connectivity index is 2.51. The normalized spacial score (nSPS) is 22.6. The molecule has 4 nitrogen and oxygen atoms in total. The van der Waals surface area contributed by atoms with Crippen LogP contribution in [0.4, 0.5) is 0 Å². The molecule has 0 aromatic heterocycles. The number of rotatable bonds is 6. The second kappa shape index (κ2) is 6.50. The van der Waals surface area contributed by atoms with Crippen molar-refractivity contribution in [2.75, 3.05) is 24.6 Å². The van der Waals surface area contributed by atoms with E-state index >= 15 is 0 Å². The minimum Gasteiger partial charge on any atom is -0.300 e. The van der Waals surface area contributed by atoms with E-state index in [2.05, 4.69) is 4.90 Å². The van der Waals surface area contributed by atoms with E-state index in [-0.39, 0.29) is 23.3 Å². The molecule has 1 fully saturated rings. The van der Waals surface area contributed by atoms with Crippen molar-refractivity contribution in [3.63, 3.8) is 0 Å². The number of likely N-dealkylation sites (tertiary alicyclic amines) is 1. The third-order valence-corrected chi connectivity index (χ3v) is 5.09. The van der Waals surface area contributed by atoms with Crippen molar-refractivity contribution < 1.29 is 13.2 Å². The second-order valence-corrected chi connectivity index (χ2v) is 7.30. The Morgan fingerprint density at radius 1 is 1.35 bits per heavy atom. The number of sulfone groups is 1. The predicted molar refractivity (Wildman–Crippen MR) is 68.8 cm³/mol. The van der Waals surface area contributed by atoms with E-state index in [9.17, 15) is 13.2 Å². The van der Waals surface area contributed by atoms with Crippen molar-refractivity contribution in [3.8, 4) is 0 Å². The first-order chi connectivity index (χ1) is 7.94. The molecular weight excluding hydrogens is 238 g/mol. The zero-order valence-electron chi connectivity index (χ0n) is 10.8. The minimum atomic E-state index is -2.90. The number of hydrogen-bond acceptors (Lipinski definition) is 4. The van der Waals surface area contributed by atoms with E-state index in [1.165, 1.54) is 0 Å². The number of nitrogens with zero attached hydrogens (tertiary/aromatic N) is 1. The Hall–Kier alpha value is -0.420. The van der Waals surface area contributed by atoms with Crippen molar-refractivity contribution in [1.29, 1.82) is 0 Å². The Labute approximate surface area is 104 Å². The fourth-order valence-corrected chi connectivity index (χ4v) is 3.12. The van der Waals surface area contributed by atoms with Crippen LogP contribution in [-0.4, -0.2) is 49.7 Å². The maximum absolute atomic E-state index is 11.5. The molecule has 1 aliphatic rings. The molecule has 17 heavy (non-hydrogen) atoms. The molecule has 0 N–H and O–H groups in total. The summed E-state index contributed by atoms with van der Waals surface area (Å²) in [7, 11) is -2.90. The Bertz CT molecular complexity index is 351. The third kappa shape index (κ3) is 5.17. The SMILES string of the molecule is CCS(=O)(=O)CCN1CCCCC1CC(C)=O.